The first-order valence-corrected chi connectivity index (χ1v) is 6.30. The average Bonchev–Trinajstić information content (AvgIpc) is 2.70. The highest BCUT2D eigenvalue weighted by atomic mass is 19.1. The molecule has 92 valence electrons. The number of halogens is 1. The number of nitrogens with two attached hydrogens (primary N) is 1. The van der Waals surface area contributed by atoms with Crippen molar-refractivity contribution in [2.45, 2.75) is 25.8 Å². The van der Waals surface area contributed by atoms with Gasteiger partial charge in [-0.3, -0.25) is 0 Å². The maximum absolute atomic E-state index is 13.5. The van der Waals surface area contributed by atoms with Crippen molar-refractivity contribution in [2.24, 2.45) is 5.73 Å². The molecule has 0 spiro atoms. The molecule has 2 heteroatoms. The maximum atomic E-state index is 13.5. The van der Waals surface area contributed by atoms with Crippen LogP contribution in [0.3, 0.4) is 0 Å². The van der Waals surface area contributed by atoms with E-state index >= 15 is 0 Å². The van der Waals surface area contributed by atoms with Gasteiger partial charge in [0.15, 0.2) is 0 Å². The predicted octanol–water partition coefficient (Wildman–Crippen LogP) is 3.75. The zero-order valence-corrected chi connectivity index (χ0v) is 10.4. The van der Waals surface area contributed by atoms with Gasteiger partial charge in [-0.15, -0.1) is 0 Å². The number of rotatable bonds is 1. The Labute approximate surface area is 106 Å². The molecule has 0 saturated heterocycles. The van der Waals surface area contributed by atoms with Gasteiger partial charge in [-0.1, -0.05) is 24.3 Å². The van der Waals surface area contributed by atoms with Crippen LogP contribution in [0.15, 0.2) is 36.4 Å². The molecule has 1 aliphatic rings. The molecule has 1 aliphatic carbocycles. The fraction of sp³-hybridized carbons (Fsp3) is 0.250. The third-order valence-corrected chi connectivity index (χ3v) is 3.67. The Balaban J connectivity index is 2.18. The summed E-state index contributed by atoms with van der Waals surface area (Å²) >= 11 is 0. The van der Waals surface area contributed by atoms with Gasteiger partial charge in [0.1, 0.15) is 5.82 Å². The minimum absolute atomic E-state index is 0.134. The Morgan fingerprint density at radius 2 is 2.06 bits per heavy atom. The molecule has 2 aromatic carbocycles. The second-order valence-corrected chi connectivity index (χ2v) is 5.04. The van der Waals surface area contributed by atoms with Gasteiger partial charge in [0.2, 0.25) is 0 Å². The van der Waals surface area contributed by atoms with E-state index in [-0.39, 0.29) is 11.9 Å². The molecule has 0 bridgehead atoms. The van der Waals surface area contributed by atoms with Crippen molar-refractivity contribution in [3.05, 3.63) is 58.9 Å². The molecule has 0 amide bonds. The third-order valence-electron chi connectivity index (χ3n) is 3.67. The van der Waals surface area contributed by atoms with Gasteiger partial charge in [0.05, 0.1) is 0 Å². The Kier molecular flexibility index (Phi) is 2.67. The number of aryl methyl sites for hydroxylation is 1. The summed E-state index contributed by atoms with van der Waals surface area (Å²) in [5.41, 5.74) is 11.6. The van der Waals surface area contributed by atoms with Crippen LogP contribution in [0.25, 0.3) is 11.1 Å². The van der Waals surface area contributed by atoms with E-state index in [4.69, 9.17) is 5.73 Å². The molecule has 2 aromatic rings. The van der Waals surface area contributed by atoms with E-state index in [1.54, 1.807) is 12.1 Å². The second kappa shape index (κ2) is 4.21. The van der Waals surface area contributed by atoms with E-state index in [0.717, 1.165) is 29.5 Å². The summed E-state index contributed by atoms with van der Waals surface area (Å²) in [4.78, 5) is 0. The van der Waals surface area contributed by atoms with Gasteiger partial charge in [-0.25, -0.2) is 4.39 Å². The Morgan fingerprint density at radius 1 is 1.22 bits per heavy atom. The lowest BCUT2D eigenvalue weighted by Crippen LogP contribution is -2.04. The fourth-order valence-corrected chi connectivity index (χ4v) is 2.85. The van der Waals surface area contributed by atoms with Gasteiger partial charge in [-0.05, 0) is 59.7 Å². The number of fused-ring (bicyclic) bond motifs is 1. The second-order valence-electron chi connectivity index (χ2n) is 5.04. The van der Waals surface area contributed by atoms with Crippen LogP contribution in [0.4, 0.5) is 4.39 Å². The van der Waals surface area contributed by atoms with Gasteiger partial charge in [-0.2, -0.15) is 0 Å². The van der Waals surface area contributed by atoms with Gasteiger partial charge in [0.25, 0.3) is 0 Å². The van der Waals surface area contributed by atoms with Gasteiger partial charge >= 0.3 is 0 Å². The molecule has 0 saturated carbocycles. The minimum Gasteiger partial charge on any atom is -0.324 e. The lowest BCUT2D eigenvalue weighted by Gasteiger charge is -2.11. The lowest BCUT2D eigenvalue weighted by molar-refractivity contribution is 0.627. The van der Waals surface area contributed by atoms with Crippen LogP contribution in [0.1, 0.15) is 29.2 Å². The van der Waals surface area contributed by atoms with Crippen LogP contribution in [0.2, 0.25) is 0 Å². The normalized spacial score (nSPS) is 17.8. The molecule has 2 N–H and O–H groups in total. The summed E-state index contributed by atoms with van der Waals surface area (Å²) in [5.74, 6) is -0.176. The zero-order valence-electron chi connectivity index (χ0n) is 10.4. The average molecular weight is 241 g/mol. The summed E-state index contributed by atoms with van der Waals surface area (Å²) in [5, 5.41) is 0. The largest absolute Gasteiger partial charge is 0.324 e. The number of hydrogen-bond donors (Lipinski definition) is 1. The smallest absolute Gasteiger partial charge is 0.124 e. The van der Waals surface area contributed by atoms with Crippen molar-refractivity contribution in [1.82, 2.24) is 0 Å². The van der Waals surface area contributed by atoms with Crippen LogP contribution in [-0.4, -0.2) is 0 Å². The molecule has 1 nitrogen and oxygen atoms in total. The monoisotopic (exact) mass is 241 g/mol. The molecule has 18 heavy (non-hydrogen) atoms. The topological polar surface area (TPSA) is 26.0 Å². The summed E-state index contributed by atoms with van der Waals surface area (Å²) in [6, 6.07) is 11.5. The molecule has 0 aliphatic heterocycles. The van der Waals surface area contributed by atoms with E-state index in [0.29, 0.717) is 0 Å². The van der Waals surface area contributed by atoms with Crippen molar-refractivity contribution in [3.8, 4) is 11.1 Å². The Morgan fingerprint density at radius 3 is 2.83 bits per heavy atom. The van der Waals surface area contributed by atoms with Crippen LogP contribution in [0.5, 0.6) is 0 Å². The molecule has 1 unspecified atom stereocenters. The fourth-order valence-electron chi connectivity index (χ4n) is 2.85. The number of hydrogen-bond acceptors (Lipinski definition) is 1. The Bertz CT molecular complexity index is 584. The highest BCUT2D eigenvalue weighted by Crippen LogP contribution is 2.36. The minimum atomic E-state index is -0.176. The van der Waals surface area contributed by atoms with Gasteiger partial charge in [0, 0.05) is 6.04 Å². The molecular formula is C16H16FN. The molecule has 0 radical (unpaired) electrons. The maximum Gasteiger partial charge on any atom is 0.124 e. The molecule has 0 fully saturated rings. The first kappa shape index (κ1) is 11.4. The van der Waals surface area contributed by atoms with Gasteiger partial charge < -0.3 is 5.73 Å². The highest BCUT2D eigenvalue weighted by molar-refractivity contribution is 5.70. The van der Waals surface area contributed by atoms with E-state index in [1.807, 2.05) is 19.1 Å². The van der Waals surface area contributed by atoms with Crippen LogP contribution < -0.4 is 5.73 Å². The van der Waals surface area contributed by atoms with Crippen LogP contribution >= 0.6 is 0 Å². The van der Waals surface area contributed by atoms with Crippen molar-refractivity contribution < 1.29 is 4.39 Å². The van der Waals surface area contributed by atoms with Crippen molar-refractivity contribution in [1.29, 1.82) is 0 Å². The molecule has 3 rings (SSSR count). The van der Waals surface area contributed by atoms with Crippen molar-refractivity contribution >= 4 is 0 Å². The molecular weight excluding hydrogens is 225 g/mol. The zero-order chi connectivity index (χ0) is 12.7. The van der Waals surface area contributed by atoms with Crippen molar-refractivity contribution in [3.63, 3.8) is 0 Å². The van der Waals surface area contributed by atoms with E-state index in [9.17, 15) is 4.39 Å². The van der Waals surface area contributed by atoms with E-state index in [2.05, 4.69) is 12.1 Å². The first-order valence-electron chi connectivity index (χ1n) is 6.30. The van der Waals surface area contributed by atoms with Crippen molar-refractivity contribution in [2.75, 3.05) is 0 Å². The van der Waals surface area contributed by atoms with Crippen LogP contribution in [0, 0.1) is 12.7 Å². The Hall–Kier alpha value is -1.67. The molecule has 0 heterocycles. The molecule has 0 aromatic heterocycles. The third kappa shape index (κ3) is 1.83. The van der Waals surface area contributed by atoms with E-state index < -0.39 is 0 Å². The summed E-state index contributed by atoms with van der Waals surface area (Å²) in [6.45, 7) is 1.92. The highest BCUT2D eigenvalue weighted by Gasteiger charge is 2.21. The lowest BCUT2D eigenvalue weighted by atomic mass is 9.95. The quantitative estimate of drug-likeness (QED) is 0.808. The predicted molar refractivity (Wildman–Crippen MR) is 71.8 cm³/mol. The van der Waals surface area contributed by atoms with E-state index in [1.165, 1.54) is 11.1 Å². The SMILES string of the molecule is Cc1cc(F)cc(-c2cccc3c2CCC3N)c1. The summed E-state index contributed by atoms with van der Waals surface area (Å²) in [6.07, 6.45) is 1.98. The summed E-state index contributed by atoms with van der Waals surface area (Å²) < 4.78 is 13.5. The molecule has 1 atom stereocenters. The standard InChI is InChI=1S/C16H16FN/c1-10-7-11(9-12(17)8-10)13-3-2-4-15-14(13)5-6-16(15)18/h2-4,7-9,16H,5-6,18H2,1H3. The van der Waals surface area contributed by atoms with Crippen LogP contribution in [-0.2, 0) is 6.42 Å². The first-order chi connectivity index (χ1) is 8.65. The number of benzene rings is 2. The summed E-state index contributed by atoms with van der Waals surface area (Å²) in [7, 11) is 0.